The third-order valence-electron chi connectivity index (χ3n) is 4.95. The van der Waals surface area contributed by atoms with E-state index in [0.717, 1.165) is 24.9 Å². The van der Waals surface area contributed by atoms with E-state index in [-0.39, 0.29) is 17.6 Å². The highest BCUT2D eigenvalue weighted by molar-refractivity contribution is 7.89. The Morgan fingerprint density at radius 3 is 2.55 bits per heavy atom. The van der Waals surface area contributed by atoms with Gasteiger partial charge in [0.1, 0.15) is 5.58 Å². The lowest BCUT2D eigenvalue weighted by molar-refractivity contribution is 0.0908. The van der Waals surface area contributed by atoms with Crippen molar-refractivity contribution in [3.8, 4) is 0 Å². The number of nitrogens with one attached hydrogen (secondary N) is 1. The molecule has 156 valence electrons. The SMILES string of the molecule is CCN(CC)C(CNC(=O)c1oc2ccccc2c1CS(C)(=O)=O)c1ccsc1. The van der Waals surface area contributed by atoms with Crippen LogP contribution in [0.1, 0.15) is 41.6 Å². The molecule has 6 nitrogen and oxygen atoms in total. The van der Waals surface area contributed by atoms with Crippen LogP contribution in [0, 0.1) is 0 Å². The van der Waals surface area contributed by atoms with E-state index in [0.29, 0.717) is 23.1 Å². The summed E-state index contributed by atoms with van der Waals surface area (Å²) >= 11 is 1.62. The molecule has 2 heterocycles. The quantitative estimate of drug-likeness (QED) is 0.553. The van der Waals surface area contributed by atoms with Crippen molar-refractivity contribution >= 4 is 38.1 Å². The van der Waals surface area contributed by atoms with Gasteiger partial charge in [-0.05, 0) is 41.5 Å². The monoisotopic (exact) mass is 434 g/mol. The summed E-state index contributed by atoms with van der Waals surface area (Å²) in [7, 11) is -3.33. The van der Waals surface area contributed by atoms with E-state index >= 15 is 0 Å². The minimum Gasteiger partial charge on any atom is -0.451 e. The molecule has 0 bridgehead atoms. The van der Waals surface area contributed by atoms with E-state index in [2.05, 4.69) is 35.5 Å². The first-order valence-electron chi connectivity index (χ1n) is 9.56. The third-order valence-corrected chi connectivity index (χ3v) is 6.46. The molecule has 0 aliphatic heterocycles. The highest BCUT2D eigenvalue weighted by atomic mass is 32.2. The van der Waals surface area contributed by atoms with Crippen molar-refractivity contribution in [2.45, 2.75) is 25.6 Å². The fourth-order valence-corrected chi connectivity index (χ4v) is 5.06. The van der Waals surface area contributed by atoms with E-state index in [1.54, 1.807) is 35.6 Å². The van der Waals surface area contributed by atoms with Gasteiger partial charge in [0.05, 0.1) is 11.8 Å². The van der Waals surface area contributed by atoms with Crippen LogP contribution in [0.3, 0.4) is 0 Å². The topological polar surface area (TPSA) is 79.6 Å². The lowest BCUT2D eigenvalue weighted by Gasteiger charge is -2.29. The lowest BCUT2D eigenvalue weighted by Crippen LogP contribution is -2.38. The number of hydrogen-bond acceptors (Lipinski definition) is 6. The highest BCUT2D eigenvalue weighted by Crippen LogP contribution is 2.28. The third kappa shape index (κ3) is 5.07. The summed E-state index contributed by atoms with van der Waals surface area (Å²) in [4.78, 5) is 15.3. The summed E-state index contributed by atoms with van der Waals surface area (Å²) in [5, 5.41) is 7.73. The number of furan rings is 1. The number of fused-ring (bicyclic) bond motifs is 1. The van der Waals surface area contributed by atoms with Crippen molar-refractivity contribution in [1.82, 2.24) is 10.2 Å². The minimum atomic E-state index is -3.33. The molecule has 1 amide bonds. The Hall–Kier alpha value is -2.16. The molecule has 0 saturated carbocycles. The van der Waals surface area contributed by atoms with Gasteiger partial charge in [-0.2, -0.15) is 11.3 Å². The molecule has 3 rings (SSSR count). The second kappa shape index (κ2) is 9.11. The van der Waals surface area contributed by atoms with Gasteiger partial charge in [-0.3, -0.25) is 9.69 Å². The van der Waals surface area contributed by atoms with Crippen LogP contribution in [0.25, 0.3) is 11.0 Å². The molecule has 3 aromatic rings. The van der Waals surface area contributed by atoms with Crippen molar-refractivity contribution in [3.05, 3.63) is 58.0 Å². The summed E-state index contributed by atoms with van der Waals surface area (Å²) in [5.41, 5.74) is 2.07. The molecule has 1 aromatic carbocycles. The first kappa shape index (κ1) is 21.5. The molecule has 29 heavy (non-hydrogen) atoms. The van der Waals surface area contributed by atoms with Crippen molar-refractivity contribution in [3.63, 3.8) is 0 Å². The van der Waals surface area contributed by atoms with Crippen LogP contribution >= 0.6 is 11.3 Å². The van der Waals surface area contributed by atoms with Crippen LogP contribution in [0.5, 0.6) is 0 Å². The number of likely N-dealkylation sites (N-methyl/N-ethyl adjacent to an activating group) is 1. The summed E-state index contributed by atoms with van der Waals surface area (Å²) in [6, 6.07) is 9.23. The minimum absolute atomic E-state index is 0.0444. The molecule has 0 aliphatic carbocycles. The van der Waals surface area contributed by atoms with Crippen molar-refractivity contribution in [1.29, 1.82) is 0 Å². The van der Waals surface area contributed by atoms with Crippen molar-refractivity contribution < 1.29 is 17.6 Å². The zero-order chi connectivity index (χ0) is 21.0. The van der Waals surface area contributed by atoms with Crippen LogP contribution in [-0.4, -0.2) is 45.1 Å². The number of nitrogens with zero attached hydrogens (tertiary/aromatic N) is 1. The van der Waals surface area contributed by atoms with Crippen LogP contribution in [-0.2, 0) is 15.6 Å². The molecular formula is C21H26N2O4S2. The smallest absolute Gasteiger partial charge is 0.287 e. The number of carbonyl (C=O) groups is 1. The van der Waals surface area contributed by atoms with Crippen molar-refractivity contribution in [2.24, 2.45) is 0 Å². The molecule has 8 heteroatoms. The second-order valence-electron chi connectivity index (χ2n) is 6.98. The molecule has 0 fully saturated rings. The average Bonchev–Trinajstić information content (AvgIpc) is 3.32. The summed E-state index contributed by atoms with van der Waals surface area (Å²) in [6.45, 7) is 6.31. The maximum atomic E-state index is 13.0. The zero-order valence-electron chi connectivity index (χ0n) is 16.8. The second-order valence-corrected chi connectivity index (χ2v) is 9.90. The normalized spacial score (nSPS) is 13.1. The molecule has 1 unspecified atom stereocenters. The van der Waals surface area contributed by atoms with Gasteiger partial charge < -0.3 is 9.73 Å². The van der Waals surface area contributed by atoms with Gasteiger partial charge in [0.25, 0.3) is 5.91 Å². The van der Waals surface area contributed by atoms with Gasteiger partial charge in [-0.15, -0.1) is 0 Å². The first-order chi connectivity index (χ1) is 13.8. The Bertz CT molecular complexity index is 1070. The summed E-state index contributed by atoms with van der Waals surface area (Å²) < 4.78 is 29.6. The molecule has 0 spiro atoms. The van der Waals surface area contributed by atoms with E-state index in [1.807, 2.05) is 5.38 Å². The standard InChI is InChI=1S/C21H26N2O4S2/c1-4-23(5-2)18(15-10-11-28-13-15)12-22-21(24)20-17(14-29(3,25)26)16-8-6-7-9-19(16)27-20/h6-11,13,18H,4-5,12,14H2,1-3H3,(H,22,24). The van der Waals surface area contributed by atoms with Gasteiger partial charge in [0, 0.05) is 23.8 Å². The predicted octanol–water partition coefficient (Wildman–Crippen LogP) is 3.85. The van der Waals surface area contributed by atoms with Gasteiger partial charge >= 0.3 is 0 Å². The fraction of sp³-hybridized carbons (Fsp3) is 0.381. The van der Waals surface area contributed by atoms with Gasteiger partial charge in [-0.25, -0.2) is 8.42 Å². The van der Waals surface area contributed by atoms with E-state index in [1.165, 1.54) is 0 Å². The van der Waals surface area contributed by atoms with Crippen molar-refractivity contribution in [2.75, 3.05) is 25.9 Å². The molecule has 0 aliphatic rings. The van der Waals surface area contributed by atoms with Gasteiger partial charge in [0.2, 0.25) is 0 Å². The summed E-state index contributed by atoms with van der Waals surface area (Å²) in [5.74, 6) is -0.566. The molecular weight excluding hydrogens is 408 g/mol. The highest BCUT2D eigenvalue weighted by Gasteiger charge is 2.25. The maximum Gasteiger partial charge on any atom is 0.287 e. The van der Waals surface area contributed by atoms with E-state index in [9.17, 15) is 13.2 Å². The van der Waals surface area contributed by atoms with Crippen LogP contribution in [0.2, 0.25) is 0 Å². The Balaban J connectivity index is 1.88. The number of carbonyl (C=O) groups excluding carboxylic acids is 1. The number of hydrogen-bond donors (Lipinski definition) is 1. The lowest BCUT2D eigenvalue weighted by atomic mass is 10.1. The first-order valence-corrected chi connectivity index (χ1v) is 12.6. The van der Waals surface area contributed by atoms with Crippen LogP contribution in [0.15, 0.2) is 45.5 Å². The van der Waals surface area contributed by atoms with E-state index < -0.39 is 15.7 Å². The number of sulfone groups is 1. The number of para-hydroxylation sites is 1. The molecule has 0 radical (unpaired) electrons. The zero-order valence-corrected chi connectivity index (χ0v) is 18.5. The average molecular weight is 435 g/mol. The number of benzene rings is 1. The van der Waals surface area contributed by atoms with Gasteiger partial charge in [0.15, 0.2) is 15.6 Å². The molecule has 2 aromatic heterocycles. The molecule has 1 N–H and O–H groups in total. The van der Waals surface area contributed by atoms with Gasteiger partial charge in [-0.1, -0.05) is 32.0 Å². The Morgan fingerprint density at radius 1 is 1.21 bits per heavy atom. The number of amides is 1. The van der Waals surface area contributed by atoms with E-state index in [4.69, 9.17) is 4.42 Å². The Morgan fingerprint density at radius 2 is 1.93 bits per heavy atom. The van der Waals surface area contributed by atoms with Crippen LogP contribution < -0.4 is 5.32 Å². The Kier molecular flexibility index (Phi) is 6.77. The fourth-order valence-electron chi connectivity index (χ4n) is 3.54. The Labute approximate surface area is 175 Å². The molecule has 0 saturated heterocycles. The van der Waals surface area contributed by atoms with Crippen LogP contribution in [0.4, 0.5) is 0 Å². The summed E-state index contributed by atoms with van der Waals surface area (Å²) in [6.07, 6.45) is 1.16. The predicted molar refractivity (Wildman–Crippen MR) is 117 cm³/mol. The number of thiophene rings is 1. The molecule has 1 atom stereocenters. The maximum absolute atomic E-state index is 13.0. The largest absolute Gasteiger partial charge is 0.451 e. The number of rotatable bonds is 9.